The first-order chi connectivity index (χ1) is 7.79. The average Bonchev–Trinajstić information content (AvgIpc) is 2.29. The number of anilines is 1. The van der Waals surface area contributed by atoms with Crippen molar-refractivity contribution in [2.24, 2.45) is 0 Å². The molecule has 0 spiro atoms. The lowest BCUT2D eigenvalue weighted by molar-refractivity contribution is 0.839. The minimum atomic E-state index is 0.660. The van der Waals surface area contributed by atoms with Gasteiger partial charge in [-0.3, -0.25) is 0 Å². The van der Waals surface area contributed by atoms with Crippen molar-refractivity contribution in [2.75, 3.05) is 23.9 Å². The highest BCUT2D eigenvalue weighted by atomic mass is 32.2. The Labute approximate surface area is 101 Å². The summed E-state index contributed by atoms with van der Waals surface area (Å²) in [6, 6.07) is 4.05. The Morgan fingerprint density at radius 1 is 1.50 bits per heavy atom. The molecule has 0 aliphatic heterocycles. The lowest BCUT2D eigenvalue weighted by atomic mass is 10.1. The van der Waals surface area contributed by atoms with E-state index < -0.39 is 0 Å². The molecule has 1 rings (SSSR count). The van der Waals surface area contributed by atoms with Gasteiger partial charge in [0.05, 0.1) is 5.56 Å². The Morgan fingerprint density at radius 2 is 2.31 bits per heavy atom. The molecule has 1 heterocycles. The van der Waals surface area contributed by atoms with Crippen LogP contribution in [-0.4, -0.2) is 23.5 Å². The van der Waals surface area contributed by atoms with Crippen molar-refractivity contribution in [3.8, 4) is 6.07 Å². The van der Waals surface area contributed by atoms with Crippen LogP contribution in [0.1, 0.15) is 24.0 Å². The normalized spacial score (nSPS) is 9.81. The molecule has 1 aromatic heterocycles. The van der Waals surface area contributed by atoms with E-state index in [4.69, 9.17) is 5.26 Å². The molecule has 1 N–H and O–H groups in total. The quantitative estimate of drug-likeness (QED) is 0.770. The molecular weight excluding hydrogens is 218 g/mol. The monoisotopic (exact) mass is 235 g/mol. The molecule has 0 bridgehead atoms. The number of aryl methyl sites for hydroxylation is 1. The maximum absolute atomic E-state index is 9.01. The van der Waals surface area contributed by atoms with Crippen molar-refractivity contribution in [1.82, 2.24) is 4.98 Å². The number of nitrogens with zero attached hydrogens (tertiary/aromatic N) is 2. The number of nitrogens with one attached hydrogen (secondary N) is 1. The van der Waals surface area contributed by atoms with Crippen molar-refractivity contribution in [1.29, 1.82) is 5.26 Å². The zero-order valence-electron chi connectivity index (χ0n) is 9.79. The van der Waals surface area contributed by atoms with Crippen molar-refractivity contribution in [3.63, 3.8) is 0 Å². The summed E-state index contributed by atoms with van der Waals surface area (Å²) in [5.74, 6) is 1.90. The molecule has 0 radical (unpaired) electrons. The molecule has 0 saturated heterocycles. The standard InChI is InChI=1S/C12H17N3S/c1-10-5-7-15-12(11(10)9-13)14-6-3-4-8-16-2/h5,7H,3-4,6,8H2,1-2H3,(H,14,15). The van der Waals surface area contributed by atoms with E-state index in [1.807, 2.05) is 24.8 Å². The van der Waals surface area contributed by atoms with Crippen molar-refractivity contribution in [3.05, 3.63) is 23.4 Å². The van der Waals surface area contributed by atoms with E-state index in [9.17, 15) is 0 Å². The van der Waals surface area contributed by atoms with Crippen LogP contribution in [0.15, 0.2) is 12.3 Å². The smallest absolute Gasteiger partial charge is 0.144 e. The van der Waals surface area contributed by atoms with Gasteiger partial charge < -0.3 is 5.32 Å². The number of aromatic nitrogens is 1. The molecule has 0 fully saturated rings. The van der Waals surface area contributed by atoms with E-state index in [0.29, 0.717) is 11.4 Å². The number of hydrogen-bond donors (Lipinski definition) is 1. The van der Waals surface area contributed by atoms with E-state index in [-0.39, 0.29) is 0 Å². The fourth-order valence-electron chi connectivity index (χ4n) is 1.41. The highest BCUT2D eigenvalue weighted by Gasteiger charge is 2.04. The van der Waals surface area contributed by atoms with Gasteiger partial charge in [0.25, 0.3) is 0 Å². The average molecular weight is 235 g/mol. The molecule has 86 valence electrons. The number of unbranched alkanes of at least 4 members (excludes halogenated alkanes) is 1. The maximum atomic E-state index is 9.01. The second-order valence-corrected chi connectivity index (χ2v) is 4.58. The highest BCUT2D eigenvalue weighted by molar-refractivity contribution is 7.98. The Kier molecular flexibility index (Phi) is 5.73. The summed E-state index contributed by atoms with van der Waals surface area (Å²) in [6.07, 6.45) is 6.16. The topological polar surface area (TPSA) is 48.7 Å². The summed E-state index contributed by atoms with van der Waals surface area (Å²) < 4.78 is 0. The molecule has 0 atom stereocenters. The van der Waals surface area contributed by atoms with Crippen LogP contribution in [0.2, 0.25) is 0 Å². The van der Waals surface area contributed by atoms with E-state index in [1.54, 1.807) is 6.20 Å². The number of thioether (sulfide) groups is 1. The van der Waals surface area contributed by atoms with Gasteiger partial charge >= 0.3 is 0 Å². The van der Waals surface area contributed by atoms with Gasteiger partial charge in [-0.15, -0.1) is 0 Å². The molecule has 0 amide bonds. The fourth-order valence-corrected chi connectivity index (χ4v) is 1.90. The van der Waals surface area contributed by atoms with E-state index >= 15 is 0 Å². The molecule has 0 unspecified atom stereocenters. The van der Waals surface area contributed by atoms with Crippen LogP contribution in [0, 0.1) is 18.3 Å². The third kappa shape index (κ3) is 3.74. The van der Waals surface area contributed by atoms with Gasteiger partial charge in [0.2, 0.25) is 0 Å². The minimum Gasteiger partial charge on any atom is -0.369 e. The SMILES string of the molecule is CSCCCCNc1nccc(C)c1C#N. The lowest BCUT2D eigenvalue weighted by Gasteiger charge is -2.08. The molecule has 3 nitrogen and oxygen atoms in total. The summed E-state index contributed by atoms with van der Waals surface area (Å²) in [4.78, 5) is 4.19. The van der Waals surface area contributed by atoms with E-state index in [1.165, 1.54) is 12.2 Å². The summed E-state index contributed by atoms with van der Waals surface area (Å²) in [7, 11) is 0. The number of nitriles is 1. The molecule has 0 aliphatic carbocycles. The highest BCUT2D eigenvalue weighted by Crippen LogP contribution is 2.15. The zero-order chi connectivity index (χ0) is 11.8. The second kappa shape index (κ2) is 7.13. The largest absolute Gasteiger partial charge is 0.369 e. The molecule has 16 heavy (non-hydrogen) atoms. The molecule has 0 aromatic carbocycles. The Morgan fingerprint density at radius 3 is 3.00 bits per heavy atom. The summed E-state index contributed by atoms with van der Waals surface area (Å²) >= 11 is 1.86. The fraction of sp³-hybridized carbons (Fsp3) is 0.500. The van der Waals surface area contributed by atoms with Crippen LogP contribution in [0.25, 0.3) is 0 Å². The number of hydrogen-bond acceptors (Lipinski definition) is 4. The molecule has 0 saturated carbocycles. The van der Waals surface area contributed by atoms with Gasteiger partial charge in [-0.2, -0.15) is 17.0 Å². The van der Waals surface area contributed by atoms with Gasteiger partial charge in [0.1, 0.15) is 11.9 Å². The van der Waals surface area contributed by atoms with Gasteiger partial charge in [-0.05, 0) is 43.4 Å². The van der Waals surface area contributed by atoms with Crippen LogP contribution in [0.3, 0.4) is 0 Å². The minimum absolute atomic E-state index is 0.660. The van der Waals surface area contributed by atoms with Crippen molar-refractivity contribution in [2.45, 2.75) is 19.8 Å². The number of rotatable bonds is 6. The second-order valence-electron chi connectivity index (χ2n) is 3.59. The van der Waals surface area contributed by atoms with Gasteiger partial charge in [0.15, 0.2) is 0 Å². The summed E-state index contributed by atoms with van der Waals surface area (Å²) in [5, 5.41) is 12.2. The van der Waals surface area contributed by atoms with E-state index in [0.717, 1.165) is 18.5 Å². The third-order valence-corrected chi connectivity index (χ3v) is 3.04. The van der Waals surface area contributed by atoms with Crippen LogP contribution >= 0.6 is 11.8 Å². The molecule has 0 aliphatic rings. The van der Waals surface area contributed by atoms with E-state index in [2.05, 4.69) is 22.6 Å². The van der Waals surface area contributed by atoms with Crippen LogP contribution in [-0.2, 0) is 0 Å². The van der Waals surface area contributed by atoms with Crippen LogP contribution < -0.4 is 5.32 Å². The van der Waals surface area contributed by atoms with Gasteiger partial charge in [-0.1, -0.05) is 0 Å². The Balaban J connectivity index is 2.48. The first-order valence-electron chi connectivity index (χ1n) is 5.38. The number of pyridine rings is 1. The lowest BCUT2D eigenvalue weighted by Crippen LogP contribution is -2.06. The van der Waals surface area contributed by atoms with Gasteiger partial charge in [-0.25, -0.2) is 4.98 Å². The summed E-state index contributed by atoms with van der Waals surface area (Å²) in [5.41, 5.74) is 1.64. The predicted molar refractivity (Wildman–Crippen MR) is 69.8 cm³/mol. The molecule has 4 heteroatoms. The predicted octanol–water partition coefficient (Wildman–Crippen LogP) is 2.82. The van der Waals surface area contributed by atoms with Crippen molar-refractivity contribution < 1.29 is 0 Å². The van der Waals surface area contributed by atoms with Crippen molar-refractivity contribution >= 4 is 17.6 Å². The summed E-state index contributed by atoms with van der Waals surface area (Å²) in [6.45, 7) is 2.81. The maximum Gasteiger partial charge on any atom is 0.144 e. The first kappa shape index (κ1) is 12.9. The first-order valence-corrected chi connectivity index (χ1v) is 6.77. The van der Waals surface area contributed by atoms with Crippen LogP contribution in [0.4, 0.5) is 5.82 Å². The molecular formula is C12H17N3S. The third-order valence-electron chi connectivity index (χ3n) is 2.34. The Bertz CT molecular complexity index is 371. The van der Waals surface area contributed by atoms with Crippen LogP contribution in [0.5, 0.6) is 0 Å². The van der Waals surface area contributed by atoms with Gasteiger partial charge in [0, 0.05) is 12.7 Å². The zero-order valence-corrected chi connectivity index (χ0v) is 10.6. The Hall–Kier alpha value is -1.21. The molecule has 1 aromatic rings.